The highest BCUT2D eigenvalue weighted by molar-refractivity contribution is 5.91. The zero-order valence-electron chi connectivity index (χ0n) is 19.8. The summed E-state index contributed by atoms with van der Waals surface area (Å²) in [4.78, 5) is 12.0. The molecule has 29 heavy (non-hydrogen) atoms. The first-order chi connectivity index (χ1) is 13.7. The van der Waals surface area contributed by atoms with Crippen molar-refractivity contribution in [3.63, 3.8) is 0 Å². The lowest BCUT2D eigenvalue weighted by Gasteiger charge is -2.58. The number of hydrogen-bond donors (Lipinski definition) is 0. The van der Waals surface area contributed by atoms with E-state index in [1.165, 1.54) is 44.1 Å². The molecule has 0 aromatic heterocycles. The maximum absolute atomic E-state index is 12.0. The maximum atomic E-state index is 12.0. The minimum Gasteiger partial charge on any atom is -0.295 e. The van der Waals surface area contributed by atoms with Crippen LogP contribution in [0.3, 0.4) is 0 Å². The van der Waals surface area contributed by atoms with E-state index in [1.54, 1.807) is 0 Å². The molecule has 0 N–H and O–H groups in total. The molecular formula is C28H44O. The van der Waals surface area contributed by atoms with E-state index in [0.717, 1.165) is 42.4 Å². The lowest BCUT2D eigenvalue weighted by molar-refractivity contribution is -0.117. The second-order valence-corrected chi connectivity index (χ2v) is 12.0. The average Bonchev–Trinajstić information content (AvgIpc) is 3.03. The molecule has 162 valence electrons. The number of ketones is 1. The molecule has 8 atom stereocenters. The Hall–Kier alpha value is -0.850. The molecule has 0 aliphatic heterocycles. The number of carbonyl (C=O) groups is 1. The van der Waals surface area contributed by atoms with Gasteiger partial charge in [0.25, 0.3) is 0 Å². The van der Waals surface area contributed by atoms with Crippen LogP contribution in [0.2, 0.25) is 0 Å². The second kappa shape index (κ2) is 7.69. The molecule has 3 saturated carbocycles. The predicted molar refractivity (Wildman–Crippen MR) is 123 cm³/mol. The van der Waals surface area contributed by atoms with E-state index in [9.17, 15) is 4.79 Å². The van der Waals surface area contributed by atoms with Crippen molar-refractivity contribution >= 4 is 5.78 Å². The van der Waals surface area contributed by atoms with Crippen molar-refractivity contribution in [2.24, 2.45) is 52.3 Å². The third-order valence-corrected chi connectivity index (χ3v) is 10.4. The van der Waals surface area contributed by atoms with Crippen LogP contribution in [0, 0.1) is 52.3 Å². The molecule has 3 fully saturated rings. The predicted octanol–water partition coefficient (Wildman–Crippen LogP) is 7.62. The van der Waals surface area contributed by atoms with Gasteiger partial charge < -0.3 is 0 Å². The highest BCUT2D eigenvalue weighted by Gasteiger charge is 2.59. The molecule has 1 nitrogen and oxygen atoms in total. The van der Waals surface area contributed by atoms with Gasteiger partial charge in [-0.25, -0.2) is 0 Å². The smallest absolute Gasteiger partial charge is 0.155 e. The van der Waals surface area contributed by atoms with Crippen molar-refractivity contribution in [3.8, 4) is 0 Å². The summed E-state index contributed by atoms with van der Waals surface area (Å²) in [5, 5.41) is 0. The Morgan fingerprint density at radius 3 is 2.41 bits per heavy atom. The molecule has 0 radical (unpaired) electrons. The number of allylic oxidation sites excluding steroid dienone is 3. The molecule has 0 saturated heterocycles. The van der Waals surface area contributed by atoms with Crippen LogP contribution in [-0.2, 0) is 4.79 Å². The van der Waals surface area contributed by atoms with E-state index in [1.807, 2.05) is 6.08 Å². The van der Waals surface area contributed by atoms with Gasteiger partial charge in [-0.1, -0.05) is 59.3 Å². The molecule has 1 heteroatoms. The fraction of sp³-hybridized carbons (Fsp3) is 0.821. The monoisotopic (exact) mass is 396 g/mol. The Balaban J connectivity index is 1.53. The Kier molecular flexibility index (Phi) is 5.67. The number of carbonyl (C=O) groups excluding carboxylic acids is 1. The summed E-state index contributed by atoms with van der Waals surface area (Å²) in [5.74, 6) is 5.95. The van der Waals surface area contributed by atoms with Gasteiger partial charge in [0.05, 0.1) is 0 Å². The standard InChI is InChI=1S/C28H44O/c1-18(2)19(3)7-8-20(4)24-11-12-25-23-10-9-21-17-22(29)13-15-27(21,5)26(23)14-16-28(24,25)6/h7-8,17-20,23-26H,9-16H2,1-6H3/b8-7+/t19-,20+,23-,24-,25+,26+,27+,28+/m0/s1. The van der Waals surface area contributed by atoms with Crippen molar-refractivity contribution in [1.82, 2.24) is 0 Å². The fourth-order valence-corrected chi connectivity index (χ4v) is 8.17. The van der Waals surface area contributed by atoms with Gasteiger partial charge in [0.1, 0.15) is 0 Å². The summed E-state index contributed by atoms with van der Waals surface area (Å²) in [6.45, 7) is 14.7. The lowest BCUT2D eigenvalue weighted by Crippen LogP contribution is -2.50. The van der Waals surface area contributed by atoms with E-state index < -0.39 is 0 Å². The van der Waals surface area contributed by atoms with E-state index in [0.29, 0.717) is 28.4 Å². The van der Waals surface area contributed by atoms with E-state index in [4.69, 9.17) is 0 Å². The topological polar surface area (TPSA) is 17.1 Å². The van der Waals surface area contributed by atoms with Crippen molar-refractivity contribution in [2.45, 2.75) is 92.9 Å². The average molecular weight is 397 g/mol. The summed E-state index contributed by atoms with van der Waals surface area (Å²) >= 11 is 0. The second-order valence-electron chi connectivity index (χ2n) is 12.0. The number of fused-ring (bicyclic) bond motifs is 5. The third-order valence-electron chi connectivity index (χ3n) is 10.4. The molecule has 0 unspecified atom stereocenters. The minimum atomic E-state index is 0.314. The largest absolute Gasteiger partial charge is 0.295 e. The molecule has 0 aromatic carbocycles. The molecule has 4 aliphatic carbocycles. The van der Waals surface area contributed by atoms with Crippen molar-refractivity contribution in [2.75, 3.05) is 0 Å². The fourth-order valence-electron chi connectivity index (χ4n) is 8.17. The zero-order chi connectivity index (χ0) is 21.0. The first-order valence-electron chi connectivity index (χ1n) is 12.6. The van der Waals surface area contributed by atoms with Gasteiger partial charge in [0, 0.05) is 6.42 Å². The van der Waals surface area contributed by atoms with Crippen molar-refractivity contribution in [1.29, 1.82) is 0 Å². The summed E-state index contributed by atoms with van der Waals surface area (Å²) < 4.78 is 0. The van der Waals surface area contributed by atoms with Gasteiger partial charge >= 0.3 is 0 Å². The van der Waals surface area contributed by atoms with Crippen LogP contribution in [0.4, 0.5) is 0 Å². The van der Waals surface area contributed by atoms with Gasteiger partial charge in [0.15, 0.2) is 5.78 Å². The molecular weight excluding hydrogens is 352 g/mol. The van der Waals surface area contributed by atoms with Crippen LogP contribution in [0.5, 0.6) is 0 Å². The zero-order valence-corrected chi connectivity index (χ0v) is 19.8. The first-order valence-corrected chi connectivity index (χ1v) is 12.6. The molecule has 4 aliphatic rings. The normalized spacial score (nSPS) is 44.2. The highest BCUT2D eigenvalue weighted by Crippen LogP contribution is 2.67. The highest BCUT2D eigenvalue weighted by atomic mass is 16.1. The van der Waals surface area contributed by atoms with Gasteiger partial charge in [-0.3, -0.25) is 4.79 Å². The molecule has 0 aromatic rings. The molecule has 0 amide bonds. The van der Waals surface area contributed by atoms with E-state index in [2.05, 4.69) is 53.7 Å². The Bertz CT molecular complexity index is 699. The summed E-state index contributed by atoms with van der Waals surface area (Å²) in [5.41, 5.74) is 2.34. The molecule has 0 heterocycles. The van der Waals surface area contributed by atoms with Crippen LogP contribution < -0.4 is 0 Å². The van der Waals surface area contributed by atoms with Gasteiger partial charge in [-0.2, -0.15) is 0 Å². The SMILES string of the molecule is CC(C)[C@@H](C)/C=C/[C@@H](C)[C@@H]1CC[C@@H]2[C@@H]3CCC4=CC(=O)CC[C@@]4(C)[C@@H]3CC[C@@]21C. The van der Waals surface area contributed by atoms with E-state index in [-0.39, 0.29) is 0 Å². The maximum Gasteiger partial charge on any atom is 0.155 e. The number of rotatable bonds is 4. The van der Waals surface area contributed by atoms with Crippen molar-refractivity contribution in [3.05, 3.63) is 23.8 Å². The summed E-state index contributed by atoms with van der Waals surface area (Å²) in [6, 6.07) is 0. The Morgan fingerprint density at radius 1 is 0.931 bits per heavy atom. The van der Waals surface area contributed by atoms with Crippen LogP contribution >= 0.6 is 0 Å². The van der Waals surface area contributed by atoms with Crippen LogP contribution in [0.15, 0.2) is 23.8 Å². The van der Waals surface area contributed by atoms with Gasteiger partial charge in [-0.05, 0) is 103 Å². The first kappa shape index (κ1) is 21.4. The molecule has 0 bridgehead atoms. The van der Waals surface area contributed by atoms with E-state index >= 15 is 0 Å². The van der Waals surface area contributed by atoms with Crippen LogP contribution in [-0.4, -0.2) is 5.78 Å². The summed E-state index contributed by atoms with van der Waals surface area (Å²) in [6.07, 6.45) is 17.2. The Morgan fingerprint density at radius 2 is 1.69 bits per heavy atom. The third kappa shape index (κ3) is 3.49. The summed E-state index contributed by atoms with van der Waals surface area (Å²) in [7, 11) is 0. The quantitative estimate of drug-likeness (QED) is 0.447. The van der Waals surface area contributed by atoms with Crippen LogP contribution in [0.25, 0.3) is 0 Å². The minimum absolute atomic E-state index is 0.314. The molecule has 0 spiro atoms. The lowest BCUT2D eigenvalue weighted by atomic mass is 9.46. The molecule has 4 rings (SSSR count). The van der Waals surface area contributed by atoms with Crippen molar-refractivity contribution < 1.29 is 4.79 Å². The van der Waals surface area contributed by atoms with Crippen LogP contribution in [0.1, 0.15) is 92.9 Å². The van der Waals surface area contributed by atoms with Gasteiger partial charge in [-0.15, -0.1) is 0 Å². The van der Waals surface area contributed by atoms with Gasteiger partial charge in [0.2, 0.25) is 0 Å². The Labute approximate surface area is 179 Å². The number of hydrogen-bond acceptors (Lipinski definition) is 1.